The van der Waals surface area contributed by atoms with Crippen LogP contribution >= 0.6 is 0 Å². The zero-order valence-electron chi connectivity index (χ0n) is 13.9. The third-order valence-corrected chi connectivity index (χ3v) is 4.45. The molecule has 1 aliphatic heterocycles. The number of alkyl halides is 3. The van der Waals surface area contributed by atoms with Crippen LogP contribution < -0.4 is 4.90 Å². The maximum Gasteiger partial charge on any atom is 0.394 e. The van der Waals surface area contributed by atoms with Crippen LogP contribution in [0.5, 0.6) is 0 Å². The summed E-state index contributed by atoms with van der Waals surface area (Å²) in [6, 6.07) is 5.03. The molecule has 26 heavy (non-hydrogen) atoms. The van der Waals surface area contributed by atoms with Crippen molar-refractivity contribution in [2.45, 2.75) is 19.5 Å². The summed E-state index contributed by atoms with van der Waals surface area (Å²) in [5.74, 6) is -4.21. The van der Waals surface area contributed by atoms with E-state index in [1.54, 1.807) is 30.6 Å². The van der Waals surface area contributed by atoms with Crippen molar-refractivity contribution in [2.24, 2.45) is 11.8 Å². The number of anilines is 1. The number of rotatable bonds is 4. The van der Waals surface area contributed by atoms with Gasteiger partial charge in [-0.15, -0.1) is 0 Å². The summed E-state index contributed by atoms with van der Waals surface area (Å²) >= 11 is 0. The number of aliphatic carboxylic acids is 1. The molecule has 9 heteroatoms. The van der Waals surface area contributed by atoms with Crippen LogP contribution in [-0.4, -0.2) is 45.3 Å². The van der Waals surface area contributed by atoms with Gasteiger partial charge in [0.05, 0.1) is 11.8 Å². The number of carboxylic acid groups (broad SMARTS) is 1. The van der Waals surface area contributed by atoms with Crippen molar-refractivity contribution in [1.82, 2.24) is 15.0 Å². The highest BCUT2D eigenvalue weighted by Crippen LogP contribution is 2.39. The average Bonchev–Trinajstić information content (AvgIpc) is 3.08. The molecule has 0 saturated carbocycles. The van der Waals surface area contributed by atoms with Crippen LogP contribution in [0.3, 0.4) is 0 Å². The van der Waals surface area contributed by atoms with Gasteiger partial charge in [0.15, 0.2) is 5.82 Å². The Morgan fingerprint density at radius 1 is 1.27 bits per heavy atom. The normalized spacial score (nSPS) is 20.4. The molecule has 0 unspecified atom stereocenters. The van der Waals surface area contributed by atoms with E-state index >= 15 is 0 Å². The van der Waals surface area contributed by atoms with E-state index in [1.807, 2.05) is 6.92 Å². The van der Waals surface area contributed by atoms with E-state index in [-0.39, 0.29) is 6.54 Å². The summed E-state index contributed by atoms with van der Waals surface area (Å²) in [4.78, 5) is 25.4. The van der Waals surface area contributed by atoms with Crippen molar-refractivity contribution in [2.75, 3.05) is 18.0 Å². The minimum Gasteiger partial charge on any atom is -0.481 e. The molecule has 6 nitrogen and oxygen atoms in total. The largest absolute Gasteiger partial charge is 0.481 e. The van der Waals surface area contributed by atoms with Crippen LogP contribution in [0.15, 0.2) is 30.6 Å². The zero-order chi connectivity index (χ0) is 18.9. The number of nitrogens with zero attached hydrogens (tertiary/aromatic N) is 4. The van der Waals surface area contributed by atoms with Gasteiger partial charge in [0, 0.05) is 42.8 Å². The number of aromatic nitrogens is 3. The molecule has 1 aliphatic rings. The minimum atomic E-state index is -4.58. The first kappa shape index (κ1) is 18.1. The quantitative estimate of drug-likeness (QED) is 0.896. The average molecular weight is 366 g/mol. The highest BCUT2D eigenvalue weighted by Gasteiger charge is 2.52. The zero-order valence-corrected chi connectivity index (χ0v) is 13.9. The van der Waals surface area contributed by atoms with E-state index in [0.29, 0.717) is 29.3 Å². The first-order valence-electron chi connectivity index (χ1n) is 8.12. The second kappa shape index (κ2) is 6.89. The van der Waals surface area contributed by atoms with Crippen molar-refractivity contribution < 1.29 is 23.1 Å². The van der Waals surface area contributed by atoms with Gasteiger partial charge >= 0.3 is 12.1 Å². The van der Waals surface area contributed by atoms with Crippen LogP contribution in [0.2, 0.25) is 0 Å². The van der Waals surface area contributed by atoms with Crippen molar-refractivity contribution in [3.05, 3.63) is 36.3 Å². The number of hydrogen-bond acceptors (Lipinski definition) is 5. The molecular formula is C17H17F3N4O2. The lowest BCUT2D eigenvalue weighted by molar-refractivity contribution is -0.187. The standard InChI is InChI=1S/C17H17F3N4O2/c1-2-11-7-14(23-15(22-11)10-3-5-21-6-4-10)24-8-12(16(25)26)13(9-24)17(18,19)20/h3-7,12-13H,2,8-9H2,1H3,(H,25,26)/t12-,13-/m1/s1. The Bertz CT molecular complexity index is 798. The number of carboxylic acids is 1. The summed E-state index contributed by atoms with van der Waals surface area (Å²) in [5, 5.41) is 9.18. The van der Waals surface area contributed by atoms with Gasteiger partial charge in [-0.2, -0.15) is 13.2 Å². The molecule has 2 aromatic heterocycles. The van der Waals surface area contributed by atoms with Gasteiger partial charge in [0.25, 0.3) is 0 Å². The first-order chi connectivity index (χ1) is 12.3. The lowest BCUT2D eigenvalue weighted by Gasteiger charge is -2.20. The van der Waals surface area contributed by atoms with Crippen molar-refractivity contribution in [3.63, 3.8) is 0 Å². The lowest BCUT2D eigenvalue weighted by Crippen LogP contribution is -2.33. The molecule has 0 bridgehead atoms. The van der Waals surface area contributed by atoms with E-state index in [1.165, 1.54) is 4.90 Å². The minimum absolute atomic E-state index is 0.241. The Kier molecular flexibility index (Phi) is 4.80. The summed E-state index contributed by atoms with van der Waals surface area (Å²) in [7, 11) is 0. The van der Waals surface area contributed by atoms with Crippen molar-refractivity contribution in [1.29, 1.82) is 0 Å². The molecule has 0 amide bonds. The van der Waals surface area contributed by atoms with Crippen molar-refractivity contribution in [3.8, 4) is 11.4 Å². The van der Waals surface area contributed by atoms with Crippen LogP contribution in [0.1, 0.15) is 12.6 Å². The second-order valence-electron chi connectivity index (χ2n) is 6.13. The molecule has 0 spiro atoms. The van der Waals surface area contributed by atoms with E-state index in [2.05, 4.69) is 15.0 Å². The molecule has 138 valence electrons. The summed E-state index contributed by atoms with van der Waals surface area (Å²) in [6.45, 7) is 1.21. The molecule has 1 N–H and O–H groups in total. The molecule has 3 rings (SSSR count). The van der Waals surface area contributed by atoms with E-state index in [4.69, 9.17) is 0 Å². The fourth-order valence-electron chi connectivity index (χ4n) is 3.03. The first-order valence-corrected chi connectivity index (χ1v) is 8.12. The van der Waals surface area contributed by atoms with Gasteiger partial charge in [0.2, 0.25) is 0 Å². The Labute approximate surface area is 147 Å². The second-order valence-corrected chi connectivity index (χ2v) is 6.13. The van der Waals surface area contributed by atoms with E-state index in [0.717, 1.165) is 0 Å². The smallest absolute Gasteiger partial charge is 0.394 e. The molecule has 0 aromatic carbocycles. The number of carbonyl (C=O) groups is 1. The van der Waals surface area contributed by atoms with Gasteiger partial charge < -0.3 is 10.0 Å². The molecule has 3 heterocycles. The van der Waals surface area contributed by atoms with Crippen LogP contribution in [0.4, 0.5) is 19.0 Å². The number of aryl methyl sites for hydroxylation is 1. The highest BCUT2D eigenvalue weighted by atomic mass is 19.4. The van der Waals surface area contributed by atoms with Gasteiger partial charge in [-0.1, -0.05) is 6.92 Å². The van der Waals surface area contributed by atoms with Gasteiger partial charge in [-0.3, -0.25) is 9.78 Å². The Hall–Kier alpha value is -2.71. The Balaban J connectivity index is 1.98. The fourth-order valence-corrected chi connectivity index (χ4v) is 3.03. The number of pyridine rings is 1. The molecule has 1 fully saturated rings. The van der Waals surface area contributed by atoms with Gasteiger partial charge in [-0.25, -0.2) is 9.97 Å². The third kappa shape index (κ3) is 3.61. The lowest BCUT2D eigenvalue weighted by atomic mass is 9.96. The third-order valence-electron chi connectivity index (χ3n) is 4.45. The summed E-state index contributed by atoms with van der Waals surface area (Å²) < 4.78 is 39.7. The van der Waals surface area contributed by atoms with Crippen LogP contribution in [-0.2, 0) is 11.2 Å². The molecule has 2 aromatic rings. The van der Waals surface area contributed by atoms with Crippen LogP contribution in [0, 0.1) is 11.8 Å². The predicted octanol–water partition coefficient (Wildman–Crippen LogP) is 2.80. The fraction of sp³-hybridized carbons (Fsp3) is 0.412. The van der Waals surface area contributed by atoms with E-state index in [9.17, 15) is 23.1 Å². The monoisotopic (exact) mass is 366 g/mol. The van der Waals surface area contributed by atoms with Crippen LogP contribution in [0.25, 0.3) is 11.4 Å². The van der Waals surface area contributed by atoms with Crippen molar-refractivity contribution >= 4 is 11.8 Å². The molecule has 0 aliphatic carbocycles. The maximum absolute atomic E-state index is 13.2. The number of halogens is 3. The Morgan fingerprint density at radius 3 is 2.50 bits per heavy atom. The summed E-state index contributed by atoms with van der Waals surface area (Å²) in [5.41, 5.74) is 1.36. The maximum atomic E-state index is 13.2. The number of hydrogen-bond donors (Lipinski definition) is 1. The molecule has 2 atom stereocenters. The molecular weight excluding hydrogens is 349 g/mol. The highest BCUT2D eigenvalue weighted by molar-refractivity contribution is 5.73. The van der Waals surface area contributed by atoms with Gasteiger partial charge in [-0.05, 0) is 18.6 Å². The molecule has 0 radical (unpaired) electrons. The SMILES string of the molecule is CCc1cc(N2C[C@@H](C(F)(F)F)[C@H](C(=O)O)C2)nc(-c2ccncc2)n1. The Morgan fingerprint density at radius 2 is 1.96 bits per heavy atom. The van der Waals surface area contributed by atoms with Gasteiger partial charge in [0.1, 0.15) is 5.82 Å². The topological polar surface area (TPSA) is 79.2 Å². The molecule has 1 saturated heterocycles. The van der Waals surface area contributed by atoms with E-state index < -0.39 is 30.5 Å². The summed E-state index contributed by atoms with van der Waals surface area (Å²) in [6.07, 6.45) is -0.848. The predicted molar refractivity (Wildman–Crippen MR) is 87.5 cm³/mol.